The standard InChI is InChI=1S/C19H22FN3O4/c1-26-16-7-6-13(10-15(16)20)11-19(25)27-12-18(24)22-17-8-9-21-23(17)14-4-2-3-5-14/h6-10,14H,2-5,11-12H2,1H3,(H,22,24). The Kier molecular flexibility index (Phi) is 6.05. The van der Waals surface area contributed by atoms with Crippen LogP contribution in [-0.2, 0) is 20.7 Å². The van der Waals surface area contributed by atoms with Crippen molar-refractivity contribution < 1.29 is 23.5 Å². The van der Waals surface area contributed by atoms with Gasteiger partial charge >= 0.3 is 5.97 Å². The van der Waals surface area contributed by atoms with Crippen LogP contribution in [0.2, 0.25) is 0 Å². The second-order valence-electron chi connectivity index (χ2n) is 6.45. The summed E-state index contributed by atoms with van der Waals surface area (Å²) >= 11 is 0. The van der Waals surface area contributed by atoms with Gasteiger partial charge in [0.2, 0.25) is 0 Å². The molecule has 1 N–H and O–H groups in total. The lowest BCUT2D eigenvalue weighted by Crippen LogP contribution is -2.23. The summed E-state index contributed by atoms with van der Waals surface area (Å²) in [4.78, 5) is 24.0. The maximum atomic E-state index is 13.6. The molecule has 1 saturated carbocycles. The summed E-state index contributed by atoms with van der Waals surface area (Å²) in [5, 5.41) is 6.99. The fraction of sp³-hybridized carbons (Fsp3) is 0.421. The summed E-state index contributed by atoms with van der Waals surface area (Å²) in [7, 11) is 1.36. The zero-order valence-electron chi connectivity index (χ0n) is 15.1. The molecule has 0 radical (unpaired) electrons. The van der Waals surface area contributed by atoms with E-state index in [0.29, 0.717) is 17.4 Å². The van der Waals surface area contributed by atoms with Crippen LogP contribution in [-0.4, -0.2) is 35.4 Å². The van der Waals surface area contributed by atoms with Crippen LogP contribution in [0.25, 0.3) is 0 Å². The van der Waals surface area contributed by atoms with Gasteiger partial charge < -0.3 is 14.8 Å². The number of rotatable bonds is 7. The number of methoxy groups -OCH3 is 1. The summed E-state index contributed by atoms with van der Waals surface area (Å²) in [6.45, 7) is -0.409. The molecule has 3 rings (SSSR count). The van der Waals surface area contributed by atoms with Crippen LogP contribution in [0.15, 0.2) is 30.5 Å². The van der Waals surface area contributed by atoms with E-state index in [0.717, 1.165) is 25.7 Å². The van der Waals surface area contributed by atoms with Gasteiger partial charge in [-0.15, -0.1) is 0 Å². The lowest BCUT2D eigenvalue weighted by atomic mass is 10.1. The van der Waals surface area contributed by atoms with Crippen molar-refractivity contribution in [3.8, 4) is 5.75 Å². The molecule has 1 aromatic carbocycles. The summed E-state index contributed by atoms with van der Waals surface area (Å²) in [5.74, 6) is -0.908. The van der Waals surface area contributed by atoms with Gasteiger partial charge in [0.15, 0.2) is 18.2 Å². The molecule has 1 fully saturated rings. The fourth-order valence-corrected chi connectivity index (χ4v) is 3.22. The maximum Gasteiger partial charge on any atom is 0.310 e. The predicted molar refractivity (Wildman–Crippen MR) is 96.0 cm³/mol. The minimum Gasteiger partial charge on any atom is -0.494 e. The number of aromatic nitrogens is 2. The highest BCUT2D eigenvalue weighted by molar-refractivity contribution is 5.92. The quantitative estimate of drug-likeness (QED) is 0.753. The van der Waals surface area contributed by atoms with Gasteiger partial charge in [-0.05, 0) is 30.5 Å². The molecule has 1 aromatic heterocycles. The average Bonchev–Trinajstić information content (AvgIpc) is 3.31. The number of carbonyl (C=O) groups excluding carboxylic acids is 2. The van der Waals surface area contributed by atoms with Crippen LogP contribution in [0.5, 0.6) is 5.75 Å². The number of ether oxygens (including phenoxy) is 2. The van der Waals surface area contributed by atoms with Crippen molar-refractivity contribution in [1.29, 1.82) is 0 Å². The summed E-state index contributed by atoms with van der Waals surface area (Å²) in [6.07, 6.45) is 5.89. The molecule has 0 atom stereocenters. The molecule has 8 heteroatoms. The van der Waals surface area contributed by atoms with Crippen LogP contribution in [0.1, 0.15) is 37.3 Å². The highest BCUT2D eigenvalue weighted by Crippen LogP contribution is 2.31. The van der Waals surface area contributed by atoms with Gasteiger partial charge in [0, 0.05) is 6.07 Å². The van der Waals surface area contributed by atoms with Crippen LogP contribution in [0.4, 0.5) is 10.2 Å². The van der Waals surface area contributed by atoms with Crippen LogP contribution in [0, 0.1) is 5.82 Å². The molecule has 1 amide bonds. The van der Waals surface area contributed by atoms with Crippen LogP contribution in [0.3, 0.4) is 0 Å². The highest BCUT2D eigenvalue weighted by Gasteiger charge is 2.20. The molecular formula is C19H22FN3O4. The van der Waals surface area contributed by atoms with Crippen molar-refractivity contribution in [3.05, 3.63) is 41.8 Å². The largest absolute Gasteiger partial charge is 0.494 e. The molecule has 2 aromatic rings. The lowest BCUT2D eigenvalue weighted by Gasteiger charge is -2.14. The third-order valence-electron chi connectivity index (χ3n) is 4.54. The molecular weight excluding hydrogens is 353 g/mol. The van der Waals surface area contributed by atoms with Gasteiger partial charge in [0.1, 0.15) is 5.82 Å². The van der Waals surface area contributed by atoms with E-state index in [-0.39, 0.29) is 12.2 Å². The first-order valence-electron chi connectivity index (χ1n) is 8.88. The molecule has 7 nitrogen and oxygen atoms in total. The molecule has 0 aliphatic heterocycles. The number of hydrogen-bond acceptors (Lipinski definition) is 5. The monoisotopic (exact) mass is 375 g/mol. The first-order valence-corrected chi connectivity index (χ1v) is 8.88. The first kappa shape index (κ1) is 18.9. The summed E-state index contributed by atoms with van der Waals surface area (Å²) in [6, 6.07) is 6.24. The van der Waals surface area contributed by atoms with Crippen molar-refractivity contribution in [2.45, 2.75) is 38.1 Å². The van der Waals surface area contributed by atoms with Crippen molar-refractivity contribution in [1.82, 2.24) is 9.78 Å². The Balaban J connectivity index is 1.48. The molecule has 0 saturated heterocycles. The number of amides is 1. The predicted octanol–water partition coefficient (Wildman–Crippen LogP) is 2.87. The normalized spacial score (nSPS) is 14.1. The van der Waals surface area contributed by atoms with Gasteiger partial charge in [0.25, 0.3) is 5.91 Å². The van der Waals surface area contributed by atoms with Crippen molar-refractivity contribution >= 4 is 17.7 Å². The number of benzene rings is 1. The van der Waals surface area contributed by atoms with E-state index in [4.69, 9.17) is 9.47 Å². The van der Waals surface area contributed by atoms with Crippen molar-refractivity contribution in [3.63, 3.8) is 0 Å². The Morgan fingerprint density at radius 3 is 2.78 bits per heavy atom. The minimum atomic E-state index is -0.612. The number of halogens is 1. The summed E-state index contributed by atoms with van der Waals surface area (Å²) < 4.78 is 25.3. The molecule has 1 aliphatic carbocycles. The van der Waals surface area contributed by atoms with E-state index in [9.17, 15) is 14.0 Å². The third kappa shape index (κ3) is 4.84. The molecule has 144 valence electrons. The van der Waals surface area contributed by atoms with Gasteiger partial charge in [-0.2, -0.15) is 5.10 Å². The minimum absolute atomic E-state index is 0.102. The van der Waals surface area contributed by atoms with Crippen molar-refractivity contribution in [2.24, 2.45) is 0 Å². The van der Waals surface area contributed by atoms with Crippen LogP contribution >= 0.6 is 0 Å². The fourth-order valence-electron chi connectivity index (χ4n) is 3.22. The van der Waals surface area contributed by atoms with Crippen molar-refractivity contribution in [2.75, 3.05) is 19.0 Å². The SMILES string of the molecule is COc1ccc(CC(=O)OCC(=O)Nc2ccnn2C2CCCC2)cc1F. The number of nitrogens with one attached hydrogen (secondary N) is 1. The molecule has 0 spiro atoms. The van der Waals surface area contributed by atoms with Gasteiger partial charge in [-0.3, -0.25) is 9.59 Å². The highest BCUT2D eigenvalue weighted by atomic mass is 19.1. The zero-order chi connectivity index (χ0) is 19.2. The molecule has 0 bridgehead atoms. The van der Waals surface area contributed by atoms with E-state index in [1.807, 2.05) is 4.68 Å². The number of anilines is 1. The Morgan fingerprint density at radius 1 is 1.30 bits per heavy atom. The molecule has 0 unspecified atom stereocenters. The second-order valence-corrected chi connectivity index (χ2v) is 6.45. The summed E-state index contributed by atoms with van der Waals surface area (Å²) in [5.41, 5.74) is 0.443. The van der Waals surface area contributed by atoms with E-state index in [2.05, 4.69) is 10.4 Å². The number of nitrogens with zero attached hydrogens (tertiary/aromatic N) is 2. The number of esters is 1. The number of carbonyl (C=O) groups is 2. The Hall–Kier alpha value is -2.90. The Labute approximate surface area is 156 Å². The van der Waals surface area contributed by atoms with Gasteiger partial charge in [0.05, 0.1) is 25.8 Å². The topological polar surface area (TPSA) is 82.4 Å². The van der Waals surface area contributed by atoms with E-state index < -0.39 is 24.3 Å². The molecule has 1 aliphatic rings. The van der Waals surface area contributed by atoms with E-state index in [1.54, 1.807) is 18.3 Å². The van der Waals surface area contributed by atoms with Crippen LogP contribution < -0.4 is 10.1 Å². The van der Waals surface area contributed by atoms with E-state index in [1.165, 1.54) is 19.2 Å². The smallest absolute Gasteiger partial charge is 0.310 e. The molecule has 1 heterocycles. The Bertz CT molecular complexity index is 815. The number of hydrogen-bond donors (Lipinski definition) is 1. The molecule has 27 heavy (non-hydrogen) atoms. The Morgan fingerprint density at radius 2 is 2.07 bits per heavy atom. The van der Waals surface area contributed by atoms with E-state index >= 15 is 0 Å². The van der Waals surface area contributed by atoms with Gasteiger partial charge in [-0.25, -0.2) is 9.07 Å². The first-order chi connectivity index (χ1) is 13.1. The third-order valence-corrected chi connectivity index (χ3v) is 4.54. The average molecular weight is 375 g/mol. The lowest BCUT2D eigenvalue weighted by molar-refractivity contribution is -0.146. The zero-order valence-corrected chi connectivity index (χ0v) is 15.1. The maximum absolute atomic E-state index is 13.6. The van der Waals surface area contributed by atoms with Gasteiger partial charge in [-0.1, -0.05) is 18.9 Å². The second kappa shape index (κ2) is 8.66.